The zero-order valence-electron chi connectivity index (χ0n) is 12.0. The summed E-state index contributed by atoms with van der Waals surface area (Å²) in [5.74, 6) is -1.54. The molecule has 0 saturated carbocycles. The van der Waals surface area contributed by atoms with Crippen LogP contribution in [0.3, 0.4) is 0 Å². The average Bonchev–Trinajstić information content (AvgIpc) is 2.37. The van der Waals surface area contributed by atoms with Crippen LogP contribution >= 0.6 is 34.8 Å². The first kappa shape index (κ1) is 21.8. The van der Waals surface area contributed by atoms with E-state index in [1.165, 1.54) is 26.0 Å². The number of alkyl halides is 6. The summed E-state index contributed by atoms with van der Waals surface area (Å²) in [5.41, 5.74) is 3.13. The highest BCUT2D eigenvalue weighted by Gasteiger charge is 2.33. The number of nitrogens with two attached hydrogens (primary N) is 1. The zero-order chi connectivity index (χ0) is 18.6. The Morgan fingerprint density at radius 2 is 1.39 bits per heavy atom. The van der Waals surface area contributed by atoms with Crippen LogP contribution < -0.4 is 5.73 Å². The molecule has 0 atom stereocenters. The summed E-state index contributed by atoms with van der Waals surface area (Å²) in [7, 11) is 0. The van der Waals surface area contributed by atoms with E-state index in [0.717, 1.165) is 12.1 Å². The van der Waals surface area contributed by atoms with Gasteiger partial charge in [-0.3, -0.25) is 10.2 Å². The average molecular weight is 394 g/mol. The molecular formula is C13H14Cl3F3N2O2. The van der Waals surface area contributed by atoms with E-state index in [1.54, 1.807) is 0 Å². The molecule has 0 bridgehead atoms. The lowest BCUT2D eigenvalue weighted by Gasteiger charge is -2.20. The van der Waals surface area contributed by atoms with Crippen molar-refractivity contribution < 1.29 is 23.1 Å². The Bertz CT molecular complexity index is 567. The number of halogens is 6. The van der Waals surface area contributed by atoms with E-state index in [9.17, 15) is 18.0 Å². The molecule has 0 amide bonds. The maximum absolute atomic E-state index is 12.3. The Morgan fingerprint density at radius 1 is 1.09 bits per heavy atom. The molecule has 0 heterocycles. The minimum atomic E-state index is -4.40. The van der Waals surface area contributed by atoms with Gasteiger partial charge >= 0.3 is 12.1 Å². The van der Waals surface area contributed by atoms with Gasteiger partial charge in [-0.05, 0) is 31.5 Å². The molecule has 0 aliphatic carbocycles. The second-order valence-corrected chi connectivity index (χ2v) is 7.20. The minimum Gasteiger partial charge on any atom is -0.481 e. The van der Waals surface area contributed by atoms with Crippen LogP contribution in [-0.4, -0.2) is 20.7 Å². The number of hydrogen-bond donors (Lipinski definition) is 3. The second kappa shape index (κ2) is 7.59. The first-order chi connectivity index (χ1) is 10.1. The van der Waals surface area contributed by atoms with Crippen LogP contribution in [0.1, 0.15) is 25.0 Å². The van der Waals surface area contributed by atoms with Gasteiger partial charge in [-0.2, -0.15) is 13.2 Å². The van der Waals surface area contributed by atoms with Gasteiger partial charge in [0.1, 0.15) is 5.84 Å². The maximum atomic E-state index is 12.3. The van der Waals surface area contributed by atoms with Gasteiger partial charge in [0.2, 0.25) is 3.79 Å². The third-order valence-corrected chi connectivity index (χ3v) is 3.38. The van der Waals surface area contributed by atoms with Gasteiger partial charge in [-0.15, -0.1) is 0 Å². The summed E-state index contributed by atoms with van der Waals surface area (Å²) in [6, 6.07) is 4.16. The lowest BCUT2D eigenvalue weighted by molar-refractivity contribution is -0.142. The van der Waals surface area contributed by atoms with Crippen molar-refractivity contribution in [3.05, 3.63) is 35.4 Å². The first-order valence-electron chi connectivity index (χ1n) is 5.92. The predicted octanol–water partition coefficient (Wildman–Crippen LogP) is 4.36. The topological polar surface area (TPSA) is 87.2 Å². The van der Waals surface area contributed by atoms with Crippen molar-refractivity contribution in [2.75, 3.05) is 0 Å². The Kier molecular flexibility index (Phi) is 7.20. The normalized spacial score (nSPS) is 12.2. The van der Waals surface area contributed by atoms with E-state index in [4.69, 9.17) is 51.1 Å². The van der Waals surface area contributed by atoms with Crippen LogP contribution in [0.2, 0.25) is 0 Å². The van der Waals surface area contributed by atoms with Crippen LogP contribution in [0.4, 0.5) is 13.2 Å². The number of benzene rings is 1. The smallest absolute Gasteiger partial charge is 0.416 e. The highest BCUT2D eigenvalue weighted by Crippen LogP contribution is 2.31. The molecule has 130 valence electrons. The molecule has 1 aromatic rings. The summed E-state index contributed by atoms with van der Waals surface area (Å²) in [4.78, 5) is 10.9. The SMILES string of the molecule is CC(C)(C(=O)O)c1ccc(C(F)(F)F)cc1.N=C(N)C(Cl)(Cl)Cl. The van der Waals surface area contributed by atoms with Gasteiger partial charge in [-0.25, -0.2) is 0 Å². The van der Waals surface area contributed by atoms with E-state index in [2.05, 4.69) is 0 Å². The zero-order valence-corrected chi connectivity index (χ0v) is 14.3. The van der Waals surface area contributed by atoms with Crippen LogP contribution in [-0.2, 0) is 16.4 Å². The van der Waals surface area contributed by atoms with Crippen molar-refractivity contribution in [2.45, 2.75) is 29.2 Å². The van der Waals surface area contributed by atoms with Gasteiger partial charge < -0.3 is 10.8 Å². The fraction of sp³-hybridized carbons (Fsp3) is 0.385. The second-order valence-electron chi connectivity index (χ2n) is 4.92. The van der Waals surface area contributed by atoms with E-state index < -0.39 is 32.8 Å². The Hall–Kier alpha value is -1.18. The van der Waals surface area contributed by atoms with Crippen molar-refractivity contribution >= 4 is 46.6 Å². The van der Waals surface area contributed by atoms with E-state index >= 15 is 0 Å². The maximum Gasteiger partial charge on any atom is 0.416 e. The lowest BCUT2D eigenvalue weighted by Crippen LogP contribution is -2.28. The molecule has 0 saturated heterocycles. The molecule has 0 aliphatic heterocycles. The van der Waals surface area contributed by atoms with Crippen molar-refractivity contribution in [1.82, 2.24) is 0 Å². The summed E-state index contributed by atoms with van der Waals surface area (Å²) in [6.07, 6.45) is -4.40. The summed E-state index contributed by atoms with van der Waals surface area (Å²) >= 11 is 15.1. The van der Waals surface area contributed by atoms with Crippen molar-refractivity contribution in [3.8, 4) is 0 Å². The fourth-order valence-corrected chi connectivity index (χ4v) is 1.20. The summed E-state index contributed by atoms with van der Waals surface area (Å²) in [5, 5.41) is 15.4. The number of carboxylic acids is 1. The van der Waals surface area contributed by atoms with Crippen LogP contribution in [0.15, 0.2) is 24.3 Å². The minimum absolute atomic E-state index is 0.341. The lowest BCUT2D eigenvalue weighted by atomic mass is 9.84. The molecule has 0 fully saturated rings. The highest BCUT2D eigenvalue weighted by atomic mass is 35.6. The van der Waals surface area contributed by atoms with Gasteiger partial charge in [0.15, 0.2) is 0 Å². The molecule has 10 heteroatoms. The molecule has 0 aromatic heterocycles. The van der Waals surface area contributed by atoms with E-state index in [-0.39, 0.29) is 0 Å². The quantitative estimate of drug-likeness (QED) is 0.396. The van der Waals surface area contributed by atoms with E-state index in [0.29, 0.717) is 5.56 Å². The van der Waals surface area contributed by atoms with Crippen molar-refractivity contribution in [1.29, 1.82) is 5.41 Å². The number of hydrogen-bond acceptors (Lipinski definition) is 2. The molecule has 4 N–H and O–H groups in total. The van der Waals surface area contributed by atoms with Gasteiger partial charge in [0.25, 0.3) is 0 Å². The van der Waals surface area contributed by atoms with Crippen LogP contribution in [0.25, 0.3) is 0 Å². The fourth-order valence-electron chi connectivity index (χ4n) is 1.20. The standard InChI is InChI=1S/C11H11F3O2.C2H3Cl3N2/c1-10(2,9(15)16)7-3-5-8(6-4-7)11(12,13)14;3-2(4,5)1(6)7/h3-6H,1-2H3,(H,15,16);(H3,6,7). The summed E-state index contributed by atoms with van der Waals surface area (Å²) < 4.78 is 35.1. The number of amidine groups is 1. The first-order valence-corrected chi connectivity index (χ1v) is 7.06. The number of carboxylic acid groups (broad SMARTS) is 1. The number of rotatable bonds is 2. The highest BCUT2D eigenvalue weighted by molar-refractivity contribution is 6.76. The van der Waals surface area contributed by atoms with Gasteiger partial charge in [0, 0.05) is 0 Å². The molecule has 1 rings (SSSR count). The molecular weight excluding hydrogens is 380 g/mol. The molecule has 0 radical (unpaired) electrons. The predicted molar refractivity (Wildman–Crippen MR) is 84.3 cm³/mol. The molecule has 0 spiro atoms. The van der Waals surface area contributed by atoms with Crippen LogP contribution in [0, 0.1) is 5.41 Å². The largest absolute Gasteiger partial charge is 0.481 e. The monoisotopic (exact) mass is 392 g/mol. The molecule has 0 aliphatic rings. The number of aliphatic carboxylic acids is 1. The van der Waals surface area contributed by atoms with Crippen molar-refractivity contribution in [2.24, 2.45) is 5.73 Å². The molecule has 23 heavy (non-hydrogen) atoms. The van der Waals surface area contributed by atoms with Gasteiger partial charge in [0.05, 0.1) is 11.0 Å². The molecule has 4 nitrogen and oxygen atoms in total. The number of nitrogens with one attached hydrogen (secondary N) is 1. The van der Waals surface area contributed by atoms with Gasteiger partial charge in [-0.1, -0.05) is 46.9 Å². The van der Waals surface area contributed by atoms with Crippen molar-refractivity contribution in [3.63, 3.8) is 0 Å². The molecule has 1 aromatic carbocycles. The third-order valence-electron chi connectivity index (χ3n) is 2.77. The molecule has 0 unspecified atom stereocenters. The Balaban J connectivity index is 0.000000585. The third kappa shape index (κ3) is 6.85. The van der Waals surface area contributed by atoms with E-state index in [1.807, 2.05) is 0 Å². The van der Waals surface area contributed by atoms with Crippen LogP contribution in [0.5, 0.6) is 0 Å². The Morgan fingerprint density at radius 3 is 1.61 bits per heavy atom. The summed E-state index contributed by atoms with van der Waals surface area (Å²) in [6.45, 7) is 2.88. The number of carbonyl (C=O) groups is 1. The Labute approximate surface area is 145 Å².